The molecule has 0 aliphatic carbocycles. The van der Waals surface area contributed by atoms with E-state index in [2.05, 4.69) is 20.1 Å². The van der Waals surface area contributed by atoms with E-state index in [9.17, 15) is 4.79 Å². The van der Waals surface area contributed by atoms with Gasteiger partial charge in [-0.25, -0.2) is 14.8 Å². The van der Waals surface area contributed by atoms with E-state index in [-0.39, 0.29) is 11.2 Å². The van der Waals surface area contributed by atoms with Crippen LogP contribution >= 0.6 is 23.4 Å². The number of aromatic nitrogens is 5. The first-order valence-corrected chi connectivity index (χ1v) is 7.58. The highest BCUT2D eigenvalue weighted by Gasteiger charge is 2.11. The summed E-state index contributed by atoms with van der Waals surface area (Å²) in [5.41, 5.74) is 1.90. The molecule has 0 radical (unpaired) electrons. The Morgan fingerprint density at radius 3 is 3.00 bits per heavy atom. The van der Waals surface area contributed by atoms with Gasteiger partial charge in [-0.1, -0.05) is 29.4 Å². The number of halogens is 1. The number of nitrogens with one attached hydrogen (secondary N) is 1. The van der Waals surface area contributed by atoms with Crippen molar-refractivity contribution in [3.63, 3.8) is 0 Å². The Morgan fingerprint density at radius 2 is 2.27 bits per heavy atom. The van der Waals surface area contributed by atoms with Crippen LogP contribution in [0.5, 0.6) is 0 Å². The minimum Gasteiger partial charge on any atom is -0.285 e. The molecule has 0 saturated carbocycles. The first kappa shape index (κ1) is 14.6. The van der Waals surface area contributed by atoms with Crippen LogP contribution in [0.4, 0.5) is 0 Å². The zero-order valence-corrected chi connectivity index (χ0v) is 12.9. The van der Waals surface area contributed by atoms with Crippen LogP contribution in [-0.4, -0.2) is 24.6 Å². The highest BCUT2D eigenvalue weighted by molar-refractivity contribution is 7.98. The monoisotopic (exact) mass is 332 g/mol. The lowest BCUT2D eigenvalue weighted by Gasteiger charge is -2.05. The number of hydrogen-bond donors (Lipinski definition) is 1. The highest BCUT2D eigenvalue weighted by atomic mass is 35.5. The van der Waals surface area contributed by atoms with Gasteiger partial charge in [0.05, 0.1) is 6.20 Å². The molecule has 3 aromatic heterocycles. The second-order valence-corrected chi connectivity index (χ2v) is 5.77. The molecule has 9 heteroatoms. The number of nitriles is 1. The molecule has 0 unspecified atom stereocenters. The van der Waals surface area contributed by atoms with Crippen LogP contribution in [0.15, 0.2) is 28.3 Å². The van der Waals surface area contributed by atoms with Crippen LogP contribution in [0.1, 0.15) is 16.8 Å². The summed E-state index contributed by atoms with van der Waals surface area (Å²) in [4.78, 5) is 23.0. The van der Waals surface area contributed by atoms with Crippen molar-refractivity contribution in [3.8, 4) is 6.07 Å². The SMILES string of the molecule is Cc1nc(Cl)ccc1CSc1nc2c(C#N)cnn2c(=O)[nH]1. The van der Waals surface area contributed by atoms with Crippen LogP contribution < -0.4 is 5.69 Å². The zero-order chi connectivity index (χ0) is 15.7. The first-order valence-electron chi connectivity index (χ1n) is 6.21. The van der Waals surface area contributed by atoms with E-state index in [1.807, 2.05) is 19.1 Å². The first-order chi connectivity index (χ1) is 10.6. The van der Waals surface area contributed by atoms with Crippen LogP contribution in [0.2, 0.25) is 5.15 Å². The molecule has 7 nitrogen and oxygen atoms in total. The van der Waals surface area contributed by atoms with Gasteiger partial charge in [0.2, 0.25) is 0 Å². The predicted octanol–water partition coefficient (Wildman–Crippen LogP) is 1.94. The molecule has 0 amide bonds. The molecule has 22 heavy (non-hydrogen) atoms. The van der Waals surface area contributed by atoms with Crippen molar-refractivity contribution in [3.05, 3.63) is 50.8 Å². The lowest BCUT2D eigenvalue weighted by atomic mass is 10.2. The van der Waals surface area contributed by atoms with Gasteiger partial charge < -0.3 is 0 Å². The van der Waals surface area contributed by atoms with Crippen molar-refractivity contribution in [2.45, 2.75) is 17.8 Å². The van der Waals surface area contributed by atoms with Crippen molar-refractivity contribution < 1.29 is 0 Å². The lowest BCUT2D eigenvalue weighted by molar-refractivity contribution is 0.786. The van der Waals surface area contributed by atoms with Gasteiger partial charge in [-0.05, 0) is 18.6 Å². The van der Waals surface area contributed by atoms with Gasteiger partial charge in [0.1, 0.15) is 16.8 Å². The van der Waals surface area contributed by atoms with Crippen LogP contribution in [0.25, 0.3) is 5.65 Å². The Morgan fingerprint density at radius 1 is 1.45 bits per heavy atom. The molecule has 110 valence electrons. The molecule has 0 atom stereocenters. The minimum atomic E-state index is -0.431. The lowest BCUT2D eigenvalue weighted by Crippen LogP contribution is -2.19. The number of aryl methyl sites for hydroxylation is 1. The fraction of sp³-hybridized carbons (Fsp3) is 0.154. The number of nitrogens with zero attached hydrogens (tertiary/aromatic N) is 5. The number of fused-ring (bicyclic) bond motifs is 1. The molecule has 0 spiro atoms. The van der Waals surface area contributed by atoms with Crippen LogP contribution in [-0.2, 0) is 5.75 Å². The molecule has 0 aliphatic rings. The van der Waals surface area contributed by atoms with E-state index in [4.69, 9.17) is 16.9 Å². The fourth-order valence-corrected chi connectivity index (χ4v) is 2.97. The van der Waals surface area contributed by atoms with Gasteiger partial charge in [-0.3, -0.25) is 4.98 Å². The summed E-state index contributed by atoms with van der Waals surface area (Å²) >= 11 is 7.17. The Balaban J connectivity index is 1.91. The van der Waals surface area contributed by atoms with E-state index < -0.39 is 5.69 Å². The van der Waals surface area contributed by atoms with Gasteiger partial charge in [-0.2, -0.15) is 14.9 Å². The summed E-state index contributed by atoms with van der Waals surface area (Å²) in [6.45, 7) is 1.87. The Labute approximate surface area is 134 Å². The number of H-pyrrole nitrogens is 1. The number of hydrogen-bond acceptors (Lipinski definition) is 6. The second-order valence-electron chi connectivity index (χ2n) is 4.42. The third kappa shape index (κ3) is 2.68. The summed E-state index contributed by atoms with van der Waals surface area (Å²) in [5, 5.41) is 13.7. The highest BCUT2D eigenvalue weighted by Crippen LogP contribution is 2.21. The molecule has 0 aromatic carbocycles. The van der Waals surface area contributed by atoms with Gasteiger partial charge in [-0.15, -0.1) is 0 Å². The number of pyridine rings is 1. The standard InChI is InChI=1S/C13H9ClN6OS/c1-7-8(2-3-10(14)17-7)6-22-12-18-11-9(4-15)5-16-20(11)13(21)19-12/h2-3,5H,6H2,1H3,(H,18,19,21). The maximum absolute atomic E-state index is 11.9. The van der Waals surface area contributed by atoms with E-state index in [0.717, 1.165) is 15.8 Å². The molecule has 3 heterocycles. The normalized spacial score (nSPS) is 10.8. The molecular weight excluding hydrogens is 324 g/mol. The predicted molar refractivity (Wildman–Crippen MR) is 81.9 cm³/mol. The average molecular weight is 333 g/mol. The molecule has 0 saturated heterocycles. The molecular formula is C13H9ClN6OS. The number of rotatable bonds is 3. The van der Waals surface area contributed by atoms with Crippen molar-refractivity contribution in [1.82, 2.24) is 24.6 Å². The zero-order valence-electron chi connectivity index (χ0n) is 11.4. The van der Waals surface area contributed by atoms with E-state index in [0.29, 0.717) is 16.1 Å². The van der Waals surface area contributed by atoms with Gasteiger partial charge in [0.25, 0.3) is 0 Å². The summed E-state index contributed by atoms with van der Waals surface area (Å²) in [6, 6.07) is 5.56. The summed E-state index contributed by atoms with van der Waals surface area (Å²) in [5.74, 6) is 0.575. The molecule has 1 N–H and O–H groups in total. The van der Waals surface area contributed by atoms with Gasteiger partial charge in [0, 0.05) is 11.4 Å². The smallest absolute Gasteiger partial charge is 0.285 e. The molecule has 0 bridgehead atoms. The fourth-order valence-electron chi connectivity index (χ4n) is 1.87. The van der Waals surface area contributed by atoms with Crippen molar-refractivity contribution >= 4 is 29.0 Å². The average Bonchev–Trinajstić information content (AvgIpc) is 2.90. The minimum absolute atomic E-state index is 0.250. The van der Waals surface area contributed by atoms with E-state index in [1.54, 1.807) is 6.07 Å². The van der Waals surface area contributed by atoms with Crippen molar-refractivity contribution in [1.29, 1.82) is 5.26 Å². The van der Waals surface area contributed by atoms with Crippen LogP contribution in [0.3, 0.4) is 0 Å². The van der Waals surface area contributed by atoms with Gasteiger partial charge >= 0.3 is 5.69 Å². The van der Waals surface area contributed by atoms with E-state index in [1.165, 1.54) is 18.0 Å². The van der Waals surface area contributed by atoms with E-state index >= 15 is 0 Å². The van der Waals surface area contributed by atoms with Crippen molar-refractivity contribution in [2.24, 2.45) is 0 Å². The third-order valence-corrected chi connectivity index (χ3v) is 4.14. The largest absolute Gasteiger partial charge is 0.350 e. The molecule has 3 rings (SSSR count). The third-order valence-electron chi connectivity index (χ3n) is 3.00. The molecule has 3 aromatic rings. The second kappa shape index (κ2) is 5.79. The topological polar surface area (TPSA) is 99.7 Å². The molecule has 0 aliphatic heterocycles. The van der Waals surface area contributed by atoms with Gasteiger partial charge in [0.15, 0.2) is 10.8 Å². The Kier molecular flexibility index (Phi) is 3.83. The molecule has 0 fully saturated rings. The Hall–Kier alpha value is -2.37. The quantitative estimate of drug-likeness (QED) is 0.581. The summed E-state index contributed by atoms with van der Waals surface area (Å²) in [6.07, 6.45) is 1.32. The maximum Gasteiger partial charge on any atom is 0.350 e. The summed E-state index contributed by atoms with van der Waals surface area (Å²) < 4.78 is 1.07. The van der Waals surface area contributed by atoms with Crippen LogP contribution in [0, 0.1) is 18.3 Å². The number of thioether (sulfide) groups is 1. The number of aromatic amines is 1. The maximum atomic E-state index is 11.9. The Bertz CT molecular complexity index is 957. The summed E-state index contributed by atoms with van der Waals surface area (Å²) in [7, 11) is 0. The van der Waals surface area contributed by atoms with Crippen molar-refractivity contribution in [2.75, 3.05) is 0 Å².